The van der Waals surface area contributed by atoms with Gasteiger partial charge in [-0.2, -0.15) is 0 Å². The van der Waals surface area contributed by atoms with Crippen LogP contribution >= 0.6 is 0 Å². The van der Waals surface area contributed by atoms with Gasteiger partial charge in [-0.05, 0) is 105 Å². The molecule has 0 aromatic heterocycles. The minimum absolute atomic E-state index is 0.359. The molecular formula is C26H30N2O2S. The number of anilines is 1. The second-order valence-corrected chi connectivity index (χ2v) is 10.7. The van der Waals surface area contributed by atoms with Crippen molar-refractivity contribution in [2.75, 3.05) is 24.9 Å². The van der Waals surface area contributed by atoms with Crippen molar-refractivity contribution in [2.45, 2.75) is 49.3 Å². The molecule has 31 heavy (non-hydrogen) atoms. The van der Waals surface area contributed by atoms with Crippen LogP contribution in [0.1, 0.15) is 48.3 Å². The lowest BCUT2D eigenvalue weighted by atomic mass is 9.86. The number of rotatable bonds is 4. The molecule has 0 bridgehead atoms. The van der Waals surface area contributed by atoms with Crippen molar-refractivity contribution in [1.82, 2.24) is 4.90 Å². The molecule has 2 aliphatic rings. The Morgan fingerprint density at radius 3 is 2.35 bits per heavy atom. The highest BCUT2D eigenvalue weighted by Gasteiger charge is 2.24. The Morgan fingerprint density at radius 1 is 0.871 bits per heavy atom. The van der Waals surface area contributed by atoms with E-state index in [1.54, 1.807) is 6.07 Å². The highest BCUT2D eigenvalue weighted by molar-refractivity contribution is 7.93. The standard InChI is InChI=1S/C26H30N2O2S/c1-28-16-14-20(15-17-28)23-12-13-26(25-9-5-4-8-24(23)25)31(29,30)27-22-11-10-19-6-2-3-7-21(19)18-22/h4-5,8-13,18,20,27H,2-3,6-7,14-17H2,1H3. The van der Waals surface area contributed by atoms with Gasteiger partial charge in [-0.3, -0.25) is 4.72 Å². The Balaban J connectivity index is 1.50. The highest BCUT2D eigenvalue weighted by atomic mass is 32.2. The molecule has 3 aromatic rings. The molecule has 1 heterocycles. The molecule has 0 unspecified atom stereocenters. The SMILES string of the molecule is CN1CCC(c2ccc(S(=O)(=O)Nc3ccc4c(c3)CCCC4)c3ccccc23)CC1. The number of nitrogens with zero attached hydrogens (tertiary/aromatic N) is 1. The van der Waals surface area contributed by atoms with Gasteiger partial charge in [0.15, 0.2) is 0 Å². The van der Waals surface area contributed by atoms with E-state index in [1.807, 2.05) is 36.4 Å². The van der Waals surface area contributed by atoms with Gasteiger partial charge in [-0.15, -0.1) is 0 Å². The van der Waals surface area contributed by atoms with E-state index in [0.29, 0.717) is 16.5 Å². The van der Waals surface area contributed by atoms with Crippen LogP contribution in [0.25, 0.3) is 10.8 Å². The van der Waals surface area contributed by atoms with Gasteiger partial charge in [-0.1, -0.05) is 36.4 Å². The van der Waals surface area contributed by atoms with E-state index in [9.17, 15) is 8.42 Å². The van der Waals surface area contributed by atoms with Crippen LogP contribution in [0.2, 0.25) is 0 Å². The van der Waals surface area contributed by atoms with Crippen molar-refractivity contribution in [3.05, 3.63) is 71.3 Å². The van der Waals surface area contributed by atoms with E-state index in [-0.39, 0.29) is 0 Å². The van der Waals surface area contributed by atoms with Crippen molar-refractivity contribution in [3.63, 3.8) is 0 Å². The monoisotopic (exact) mass is 434 g/mol. The number of fused-ring (bicyclic) bond motifs is 2. The number of piperidine rings is 1. The molecule has 0 spiro atoms. The summed E-state index contributed by atoms with van der Waals surface area (Å²) in [4.78, 5) is 2.72. The summed E-state index contributed by atoms with van der Waals surface area (Å²) in [5.41, 5.74) is 4.55. The molecule has 3 aromatic carbocycles. The van der Waals surface area contributed by atoms with Crippen molar-refractivity contribution in [1.29, 1.82) is 0 Å². The van der Waals surface area contributed by atoms with E-state index in [0.717, 1.165) is 49.5 Å². The van der Waals surface area contributed by atoms with Gasteiger partial charge in [0.05, 0.1) is 4.90 Å². The van der Waals surface area contributed by atoms with Crippen LogP contribution in [0.15, 0.2) is 59.5 Å². The average molecular weight is 435 g/mol. The van der Waals surface area contributed by atoms with Crippen LogP contribution in [0, 0.1) is 0 Å². The molecule has 162 valence electrons. The van der Waals surface area contributed by atoms with E-state index in [4.69, 9.17) is 0 Å². The van der Waals surface area contributed by atoms with Crippen molar-refractivity contribution >= 4 is 26.5 Å². The van der Waals surface area contributed by atoms with E-state index < -0.39 is 10.0 Å². The normalized spacial score (nSPS) is 18.1. The number of aryl methyl sites for hydroxylation is 2. The number of nitrogens with one attached hydrogen (secondary N) is 1. The molecule has 1 saturated heterocycles. The fourth-order valence-corrected chi connectivity index (χ4v) is 6.47. The summed E-state index contributed by atoms with van der Waals surface area (Å²) < 4.78 is 29.6. The smallest absolute Gasteiger partial charge is 0.262 e. The maximum Gasteiger partial charge on any atom is 0.262 e. The maximum atomic E-state index is 13.4. The lowest BCUT2D eigenvalue weighted by molar-refractivity contribution is 0.256. The van der Waals surface area contributed by atoms with Crippen LogP contribution in [0.5, 0.6) is 0 Å². The zero-order valence-electron chi connectivity index (χ0n) is 18.1. The average Bonchev–Trinajstić information content (AvgIpc) is 2.78. The first-order valence-electron chi connectivity index (χ1n) is 11.4. The Labute approximate surface area is 185 Å². The maximum absolute atomic E-state index is 13.4. The molecule has 1 aliphatic carbocycles. The topological polar surface area (TPSA) is 49.4 Å². The predicted molar refractivity (Wildman–Crippen MR) is 127 cm³/mol. The summed E-state index contributed by atoms with van der Waals surface area (Å²) in [5, 5.41) is 1.87. The minimum Gasteiger partial charge on any atom is -0.306 e. The Morgan fingerprint density at radius 2 is 1.58 bits per heavy atom. The third kappa shape index (κ3) is 4.09. The van der Waals surface area contributed by atoms with Crippen LogP contribution in [-0.2, 0) is 22.9 Å². The summed E-state index contributed by atoms with van der Waals surface area (Å²) in [6, 6.07) is 17.8. The molecule has 5 heteroatoms. The summed E-state index contributed by atoms with van der Waals surface area (Å²) in [6.45, 7) is 2.16. The van der Waals surface area contributed by atoms with E-state index in [1.165, 1.54) is 29.5 Å². The first kappa shape index (κ1) is 20.5. The third-order valence-electron chi connectivity index (χ3n) is 6.97. The molecule has 4 nitrogen and oxygen atoms in total. The lowest BCUT2D eigenvalue weighted by Crippen LogP contribution is -2.29. The number of sulfonamides is 1. The fourth-order valence-electron chi connectivity index (χ4n) is 5.21. The molecule has 1 aliphatic heterocycles. The first-order chi connectivity index (χ1) is 15.0. The Bertz CT molecular complexity index is 1210. The van der Waals surface area contributed by atoms with E-state index >= 15 is 0 Å². The summed E-state index contributed by atoms with van der Waals surface area (Å²) in [7, 11) is -1.52. The van der Waals surface area contributed by atoms with E-state index in [2.05, 4.69) is 28.8 Å². The Hall–Kier alpha value is -2.37. The summed E-state index contributed by atoms with van der Waals surface area (Å²) in [6.07, 6.45) is 6.73. The quantitative estimate of drug-likeness (QED) is 0.604. The summed E-state index contributed by atoms with van der Waals surface area (Å²) in [5.74, 6) is 0.478. The van der Waals surface area contributed by atoms with Gasteiger partial charge < -0.3 is 4.90 Å². The molecule has 1 N–H and O–H groups in total. The highest BCUT2D eigenvalue weighted by Crippen LogP contribution is 2.36. The lowest BCUT2D eigenvalue weighted by Gasteiger charge is -2.30. The van der Waals surface area contributed by atoms with Crippen LogP contribution in [-0.4, -0.2) is 33.5 Å². The van der Waals surface area contributed by atoms with Gasteiger partial charge in [-0.25, -0.2) is 8.42 Å². The zero-order valence-corrected chi connectivity index (χ0v) is 18.9. The van der Waals surface area contributed by atoms with Crippen molar-refractivity contribution in [2.24, 2.45) is 0 Å². The molecule has 0 saturated carbocycles. The summed E-state index contributed by atoms with van der Waals surface area (Å²) >= 11 is 0. The van der Waals surface area contributed by atoms with Gasteiger partial charge >= 0.3 is 0 Å². The van der Waals surface area contributed by atoms with Gasteiger partial charge in [0.1, 0.15) is 0 Å². The van der Waals surface area contributed by atoms with Crippen molar-refractivity contribution in [3.8, 4) is 0 Å². The molecule has 0 atom stereocenters. The van der Waals surface area contributed by atoms with Crippen LogP contribution in [0.4, 0.5) is 5.69 Å². The second kappa shape index (κ2) is 8.29. The van der Waals surface area contributed by atoms with Gasteiger partial charge in [0.25, 0.3) is 10.0 Å². The molecule has 0 radical (unpaired) electrons. The third-order valence-corrected chi connectivity index (χ3v) is 8.41. The Kier molecular flexibility index (Phi) is 5.49. The van der Waals surface area contributed by atoms with Gasteiger partial charge in [0, 0.05) is 11.1 Å². The van der Waals surface area contributed by atoms with Crippen LogP contribution < -0.4 is 4.72 Å². The largest absolute Gasteiger partial charge is 0.306 e. The molecule has 0 amide bonds. The molecule has 5 rings (SSSR count). The van der Waals surface area contributed by atoms with Gasteiger partial charge in [0.2, 0.25) is 0 Å². The van der Waals surface area contributed by atoms with Crippen LogP contribution in [0.3, 0.4) is 0 Å². The molecule has 1 fully saturated rings. The predicted octanol–water partition coefficient (Wildman–Crippen LogP) is 5.33. The number of hydrogen-bond donors (Lipinski definition) is 1. The fraction of sp³-hybridized carbons (Fsp3) is 0.385. The zero-order chi connectivity index (χ0) is 21.4. The first-order valence-corrected chi connectivity index (χ1v) is 12.8. The number of likely N-dealkylation sites (tertiary alicyclic amines) is 1. The molecular weight excluding hydrogens is 404 g/mol. The second-order valence-electron chi connectivity index (χ2n) is 9.07. The van der Waals surface area contributed by atoms with Crippen molar-refractivity contribution < 1.29 is 8.42 Å². The number of benzene rings is 3. The minimum atomic E-state index is -3.68. The number of hydrogen-bond acceptors (Lipinski definition) is 3.